The predicted molar refractivity (Wildman–Crippen MR) is 90.7 cm³/mol. The van der Waals surface area contributed by atoms with E-state index in [1.807, 2.05) is 0 Å². The molecule has 5 nitrogen and oxygen atoms in total. The second-order valence-corrected chi connectivity index (χ2v) is 5.63. The second-order valence-electron chi connectivity index (χ2n) is 5.19. The van der Waals surface area contributed by atoms with Crippen molar-refractivity contribution in [1.82, 2.24) is 5.32 Å². The Morgan fingerprint density at radius 1 is 1.16 bits per heavy atom. The first-order valence-electron chi connectivity index (χ1n) is 7.54. The zero-order valence-corrected chi connectivity index (χ0v) is 14.3. The summed E-state index contributed by atoms with van der Waals surface area (Å²) in [7, 11) is 0. The topological polar surface area (TPSA) is 64.6 Å². The summed E-state index contributed by atoms with van der Waals surface area (Å²) in [5.74, 6) is -1.17. The van der Waals surface area contributed by atoms with Crippen LogP contribution in [0.1, 0.15) is 12.5 Å². The van der Waals surface area contributed by atoms with Crippen LogP contribution in [0, 0.1) is 5.82 Å². The Morgan fingerprint density at radius 3 is 2.52 bits per heavy atom. The summed E-state index contributed by atoms with van der Waals surface area (Å²) in [6.45, 7) is 1.05. The molecule has 1 atom stereocenters. The number of hydrogen-bond donors (Lipinski definition) is 1. The average Bonchev–Trinajstić information content (AvgIpc) is 2.60. The summed E-state index contributed by atoms with van der Waals surface area (Å²) in [5, 5.41) is 3.03. The first-order chi connectivity index (χ1) is 12.0. The summed E-state index contributed by atoms with van der Waals surface area (Å²) in [6.07, 6.45) is -0.888. The van der Waals surface area contributed by atoms with E-state index >= 15 is 0 Å². The van der Waals surface area contributed by atoms with Gasteiger partial charge in [-0.05, 0) is 37.3 Å². The van der Waals surface area contributed by atoms with Crippen molar-refractivity contribution >= 4 is 23.5 Å². The van der Waals surface area contributed by atoms with Gasteiger partial charge in [0, 0.05) is 17.1 Å². The Hall–Kier alpha value is -2.60. The number of hydrogen-bond acceptors (Lipinski definition) is 4. The maximum atomic E-state index is 13.4. The van der Waals surface area contributed by atoms with E-state index in [9.17, 15) is 14.0 Å². The predicted octanol–water partition coefficient (Wildman–Crippen LogP) is 3.11. The third-order valence-corrected chi connectivity index (χ3v) is 3.49. The molecule has 0 unspecified atom stereocenters. The van der Waals surface area contributed by atoms with Gasteiger partial charge in [0.05, 0.1) is 0 Å². The first-order valence-corrected chi connectivity index (χ1v) is 7.92. The summed E-state index contributed by atoms with van der Waals surface area (Å²) in [4.78, 5) is 23.5. The Bertz CT molecular complexity index is 736. The monoisotopic (exact) mass is 365 g/mol. The normalized spacial score (nSPS) is 11.5. The molecule has 0 aliphatic carbocycles. The fraction of sp³-hybridized carbons (Fsp3) is 0.222. The fourth-order valence-electron chi connectivity index (χ4n) is 1.91. The molecule has 0 aliphatic heterocycles. The maximum Gasteiger partial charge on any atom is 0.347 e. The molecule has 0 saturated heterocycles. The largest absolute Gasteiger partial charge is 0.479 e. The van der Waals surface area contributed by atoms with Crippen molar-refractivity contribution in [3.05, 3.63) is 64.9 Å². The number of halogens is 2. The Morgan fingerprint density at radius 2 is 1.84 bits per heavy atom. The van der Waals surface area contributed by atoms with Gasteiger partial charge in [0.25, 0.3) is 5.91 Å². The van der Waals surface area contributed by atoms with Crippen LogP contribution in [0.4, 0.5) is 4.39 Å². The highest BCUT2D eigenvalue weighted by atomic mass is 35.5. The van der Waals surface area contributed by atoms with Crippen LogP contribution in [-0.2, 0) is 20.9 Å². The number of benzene rings is 2. The number of amides is 1. The van der Waals surface area contributed by atoms with Crippen molar-refractivity contribution in [2.45, 2.75) is 19.6 Å². The summed E-state index contributed by atoms with van der Waals surface area (Å²) in [5.41, 5.74) is 0.349. The van der Waals surface area contributed by atoms with Crippen LogP contribution in [0.5, 0.6) is 5.75 Å². The van der Waals surface area contributed by atoms with Crippen LogP contribution in [-0.4, -0.2) is 24.6 Å². The number of carbonyl (C=O) groups excluding carboxylic acids is 2. The van der Waals surface area contributed by atoms with Crippen molar-refractivity contribution in [2.75, 3.05) is 6.61 Å². The molecule has 0 spiro atoms. The van der Waals surface area contributed by atoms with Gasteiger partial charge in [-0.3, -0.25) is 4.79 Å². The molecule has 0 saturated carbocycles. The van der Waals surface area contributed by atoms with Crippen molar-refractivity contribution < 1.29 is 23.5 Å². The van der Waals surface area contributed by atoms with Crippen LogP contribution in [0.2, 0.25) is 5.02 Å². The van der Waals surface area contributed by atoms with Crippen molar-refractivity contribution in [2.24, 2.45) is 0 Å². The van der Waals surface area contributed by atoms with E-state index in [1.165, 1.54) is 13.0 Å². The van der Waals surface area contributed by atoms with Gasteiger partial charge in [0.15, 0.2) is 12.7 Å². The average molecular weight is 366 g/mol. The summed E-state index contributed by atoms with van der Waals surface area (Å²) < 4.78 is 23.7. The smallest absolute Gasteiger partial charge is 0.347 e. The molecule has 7 heteroatoms. The zero-order chi connectivity index (χ0) is 18.2. The van der Waals surface area contributed by atoms with Crippen LogP contribution >= 0.6 is 11.6 Å². The number of esters is 1. The van der Waals surface area contributed by atoms with Crippen LogP contribution < -0.4 is 10.1 Å². The third-order valence-electron chi connectivity index (χ3n) is 3.24. The van der Waals surface area contributed by atoms with Crippen LogP contribution in [0.15, 0.2) is 48.5 Å². The molecule has 0 aliphatic rings. The summed E-state index contributed by atoms with van der Waals surface area (Å²) >= 11 is 5.76. The Balaban J connectivity index is 1.74. The Labute approximate surface area is 149 Å². The lowest BCUT2D eigenvalue weighted by molar-refractivity contribution is -0.154. The van der Waals surface area contributed by atoms with Crippen molar-refractivity contribution in [3.8, 4) is 5.75 Å². The molecular weight excluding hydrogens is 349 g/mol. The molecule has 0 fully saturated rings. The van der Waals surface area contributed by atoms with E-state index in [1.54, 1.807) is 42.5 Å². The number of carbonyl (C=O) groups is 2. The molecule has 1 N–H and O–H groups in total. The highest BCUT2D eigenvalue weighted by Gasteiger charge is 2.18. The number of ether oxygens (including phenoxy) is 2. The molecule has 2 rings (SSSR count). The molecule has 1 amide bonds. The molecule has 0 aromatic heterocycles. The van der Waals surface area contributed by atoms with E-state index in [4.69, 9.17) is 21.1 Å². The quantitative estimate of drug-likeness (QED) is 0.766. The van der Waals surface area contributed by atoms with Gasteiger partial charge in [-0.15, -0.1) is 0 Å². The standard InChI is InChI=1S/C18H17ClFNO4/c1-12(25-15-8-6-14(19)7-9-15)18(23)24-11-17(22)21-10-13-4-2-3-5-16(13)20/h2-9,12H,10-11H2,1H3,(H,21,22)/t12-/m0/s1. The van der Waals surface area contributed by atoms with Gasteiger partial charge < -0.3 is 14.8 Å². The van der Waals surface area contributed by atoms with E-state index in [2.05, 4.69) is 5.32 Å². The maximum absolute atomic E-state index is 13.4. The lowest BCUT2D eigenvalue weighted by Crippen LogP contribution is -2.32. The van der Waals surface area contributed by atoms with Gasteiger partial charge in [-0.25, -0.2) is 9.18 Å². The lowest BCUT2D eigenvalue weighted by Gasteiger charge is -2.14. The van der Waals surface area contributed by atoms with Gasteiger partial charge in [0.2, 0.25) is 0 Å². The highest BCUT2D eigenvalue weighted by molar-refractivity contribution is 6.30. The molecule has 2 aromatic carbocycles. The Kier molecular flexibility index (Phi) is 6.77. The van der Waals surface area contributed by atoms with E-state index in [-0.39, 0.29) is 6.54 Å². The minimum atomic E-state index is -0.888. The summed E-state index contributed by atoms with van der Waals surface area (Å²) in [6, 6.07) is 12.6. The van der Waals surface area contributed by atoms with E-state index in [0.717, 1.165) is 0 Å². The lowest BCUT2D eigenvalue weighted by atomic mass is 10.2. The highest BCUT2D eigenvalue weighted by Crippen LogP contribution is 2.17. The van der Waals surface area contributed by atoms with Gasteiger partial charge in [-0.2, -0.15) is 0 Å². The van der Waals surface area contributed by atoms with Crippen LogP contribution in [0.3, 0.4) is 0 Å². The molecule has 132 valence electrons. The minimum absolute atomic E-state index is 0.0138. The molecule has 0 bridgehead atoms. The van der Waals surface area contributed by atoms with E-state index < -0.39 is 30.4 Å². The van der Waals surface area contributed by atoms with E-state index in [0.29, 0.717) is 16.3 Å². The fourth-order valence-corrected chi connectivity index (χ4v) is 2.03. The molecule has 0 heterocycles. The molecular formula is C18H17ClFNO4. The SMILES string of the molecule is C[C@H](Oc1ccc(Cl)cc1)C(=O)OCC(=O)NCc1ccccc1F. The second kappa shape index (κ2) is 9.03. The number of rotatable bonds is 7. The van der Waals surface area contributed by atoms with Crippen molar-refractivity contribution in [3.63, 3.8) is 0 Å². The van der Waals surface area contributed by atoms with Gasteiger partial charge in [-0.1, -0.05) is 29.8 Å². The minimum Gasteiger partial charge on any atom is -0.479 e. The molecule has 0 radical (unpaired) electrons. The van der Waals surface area contributed by atoms with Crippen molar-refractivity contribution in [1.29, 1.82) is 0 Å². The van der Waals surface area contributed by atoms with Crippen LogP contribution in [0.25, 0.3) is 0 Å². The molecule has 2 aromatic rings. The first kappa shape index (κ1) is 18.7. The molecule has 25 heavy (non-hydrogen) atoms. The van der Waals surface area contributed by atoms with Gasteiger partial charge in [0.1, 0.15) is 11.6 Å². The third kappa shape index (κ3) is 6.08. The van der Waals surface area contributed by atoms with Gasteiger partial charge >= 0.3 is 5.97 Å². The number of nitrogens with one attached hydrogen (secondary N) is 1. The zero-order valence-electron chi connectivity index (χ0n) is 13.5.